The summed E-state index contributed by atoms with van der Waals surface area (Å²) in [5, 5.41) is 7.73. The summed E-state index contributed by atoms with van der Waals surface area (Å²) in [7, 11) is 0. The van der Waals surface area contributed by atoms with Gasteiger partial charge in [0.1, 0.15) is 0 Å². The number of benzene rings is 10. The summed E-state index contributed by atoms with van der Waals surface area (Å²) in [5.41, 5.74) is 15.9. The molecular weight excluding hydrogens is 699 g/mol. The molecule has 1 heteroatoms. The maximum atomic E-state index is 2.43. The lowest BCUT2D eigenvalue weighted by Gasteiger charge is -2.28. The van der Waals surface area contributed by atoms with Gasteiger partial charge in [-0.25, -0.2) is 0 Å². The Morgan fingerprint density at radius 1 is 0.276 bits per heavy atom. The Bertz CT molecular complexity index is 3140. The van der Waals surface area contributed by atoms with E-state index in [1.54, 1.807) is 0 Å². The van der Waals surface area contributed by atoms with Crippen molar-refractivity contribution in [1.29, 1.82) is 0 Å². The minimum Gasteiger partial charge on any atom is -0.310 e. The van der Waals surface area contributed by atoms with Crippen LogP contribution in [0.1, 0.15) is 25.0 Å². The average molecular weight is 740 g/mol. The lowest BCUT2D eigenvalue weighted by atomic mass is 9.82. The number of hydrogen-bond acceptors (Lipinski definition) is 1. The first-order valence-electron chi connectivity index (χ1n) is 20.3. The fourth-order valence-corrected chi connectivity index (χ4v) is 9.48. The van der Waals surface area contributed by atoms with Crippen LogP contribution in [0, 0.1) is 0 Å². The highest BCUT2D eigenvalue weighted by Gasteiger charge is 2.35. The van der Waals surface area contributed by atoms with Gasteiger partial charge >= 0.3 is 0 Å². The first-order valence-corrected chi connectivity index (χ1v) is 20.3. The number of fused-ring (bicyclic) bond motifs is 9. The second kappa shape index (κ2) is 13.5. The molecule has 0 bridgehead atoms. The van der Waals surface area contributed by atoms with Gasteiger partial charge in [-0.05, 0) is 130 Å². The largest absolute Gasteiger partial charge is 0.310 e. The zero-order valence-corrected chi connectivity index (χ0v) is 32.7. The summed E-state index contributed by atoms with van der Waals surface area (Å²) in [6, 6.07) is 78.1. The normalized spacial score (nSPS) is 12.8. The van der Waals surface area contributed by atoms with E-state index in [0.29, 0.717) is 0 Å². The summed E-state index contributed by atoms with van der Waals surface area (Å²) < 4.78 is 0. The van der Waals surface area contributed by atoms with Crippen LogP contribution >= 0.6 is 0 Å². The van der Waals surface area contributed by atoms with Crippen molar-refractivity contribution >= 4 is 49.4 Å². The number of hydrogen-bond donors (Lipinski definition) is 0. The molecule has 0 radical (unpaired) electrons. The van der Waals surface area contributed by atoms with E-state index < -0.39 is 0 Å². The predicted octanol–water partition coefficient (Wildman–Crippen LogP) is 15.9. The van der Waals surface area contributed by atoms with Crippen molar-refractivity contribution in [3.63, 3.8) is 0 Å². The minimum atomic E-state index is -0.108. The predicted molar refractivity (Wildman–Crippen MR) is 248 cm³/mol. The van der Waals surface area contributed by atoms with Crippen LogP contribution in [0.2, 0.25) is 0 Å². The Balaban J connectivity index is 1.03. The molecule has 1 aliphatic carbocycles. The van der Waals surface area contributed by atoms with E-state index in [-0.39, 0.29) is 5.41 Å². The Kier molecular flexibility index (Phi) is 7.91. The standard InChI is InChI=1S/C57H41N/c1-57(2)55-22-11-10-21-52(55)53-34-32-46(37-56(53)57)58(44-30-27-41(28-31-44)40-25-23-39(24-26-40)38-13-4-3-5-14-38)45-16-12-15-42(35-45)43-29-33-51-49-19-7-6-17-47(49)48-18-8-9-20-50(48)54(51)36-43/h3-37H,1-2H3. The third kappa shape index (κ3) is 5.54. The molecule has 0 fully saturated rings. The van der Waals surface area contributed by atoms with Crippen molar-refractivity contribution < 1.29 is 0 Å². The van der Waals surface area contributed by atoms with E-state index in [0.717, 1.165) is 17.1 Å². The molecule has 0 atom stereocenters. The summed E-state index contributed by atoms with van der Waals surface area (Å²) >= 11 is 0. The van der Waals surface area contributed by atoms with Crippen molar-refractivity contribution in [2.75, 3.05) is 4.90 Å². The van der Waals surface area contributed by atoms with Crippen molar-refractivity contribution in [1.82, 2.24) is 0 Å². The highest BCUT2D eigenvalue weighted by Crippen LogP contribution is 2.51. The SMILES string of the molecule is CC1(C)c2ccccc2-c2ccc(N(c3ccc(-c4ccc(-c5ccccc5)cc4)cc3)c3cccc(-c4ccc5c6ccccc6c6ccccc6c5c4)c3)cc21. The zero-order valence-electron chi connectivity index (χ0n) is 32.7. The minimum absolute atomic E-state index is 0.108. The van der Waals surface area contributed by atoms with Gasteiger partial charge in [-0.15, -0.1) is 0 Å². The molecule has 10 aromatic rings. The molecule has 0 spiro atoms. The van der Waals surface area contributed by atoms with Gasteiger partial charge < -0.3 is 4.90 Å². The smallest absolute Gasteiger partial charge is 0.0467 e. The molecule has 0 heterocycles. The maximum absolute atomic E-state index is 2.43. The van der Waals surface area contributed by atoms with Gasteiger partial charge in [0.15, 0.2) is 0 Å². The fourth-order valence-electron chi connectivity index (χ4n) is 9.48. The molecule has 0 aliphatic heterocycles. The highest BCUT2D eigenvalue weighted by atomic mass is 15.1. The van der Waals surface area contributed by atoms with Gasteiger partial charge in [-0.3, -0.25) is 0 Å². The summed E-state index contributed by atoms with van der Waals surface area (Å²) in [4.78, 5) is 2.43. The number of nitrogens with zero attached hydrogens (tertiary/aromatic N) is 1. The lowest BCUT2D eigenvalue weighted by Crippen LogP contribution is -2.16. The van der Waals surface area contributed by atoms with Crippen molar-refractivity contribution in [2.24, 2.45) is 0 Å². The van der Waals surface area contributed by atoms with Crippen molar-refractivity contribution in [3.05, 3.63) is 223 Å². The van der Waals surface area contributed by atoms with Crippen molar-refractivity contribution in [2.45, 2.75) is 19.3 Å². The molecule has 10 aromatic carbocycles. The molecule has 11 rings (SSSR count). The molecule has 0 aromatic heterocycles. The number of rotatable bonds is 6. The molecule has 58 heavy (non-hydrogen) atoms. The van der Waals surface area contributed by atoms with E-state index in [9.17, 15) is 0 Å². The molecular formula is C57H41N. The van der Waals surface area contributed by atoms with Crippen LogP contribution in [0.15, 0.2) is 212 Å². The second-order valence-electron chi connectivity index (χ2n) is 16.1. The third-order valence-corrected chi connectivity index (χ3v) is 12.5. The summed E-state index contributed by atoms with van der Waals surface area (Å²) in [6.45, 7) is 4.72. The van der Waals surface area contributed by atoms with E-state index >= 15 is 0 Å². The van der Waals surface area contributed by atoms with Gasteiger partial charge in [0, 0.05) is 22.5 Å². The zero-order chi connectivity index (χ0) is 38.8. The van der Waals surface area contributed by atoms with E-state index in [2.05, 4.69) is 231 Å². The Morgan fingerprint density at radius 2 is 0.724 bits per heavy atom. The van der Waals surface area contributed by atoms with Gasteiger partial charge in [0.25, 0.3) is 0 Å². The van der Waals surface area contributed by atoms with Gasteiger partial charge in [0.05, 0.1) is 0 Å². The quantitative estimate of drug-likeness (QED) is 0.154. The van der Waals surface area contributed by atoms with Crippen LogP contribution in [0.5, 0.6) is 0 Å². The molecule has 0 unspecified atom stereocenters. The Morgan fingerprint density at radius 3 is 1.40 bits per heavy atom. The summed E-state index contributed by atoms with van der Waals surface area (Å²) in [6.07, 6.45) is 0. The molecule has 274 valence electrons. The van der Waals surface area contributed by atoms with Gasteiger partial charge in [0.2, 0.25) is 0 Å². The molecule has 1 aliphatic rings. The first kappa shape index (κ1) is 34.1. The van der Waals surface area contributed by atoms with Crippen LogP contribution in [-0.4, -0.2) is 0 Å². The maximum Gasteiger partial charge on any atom is 0.0467 e. The molecule has 1 nitrogen and oxygen atoms in total. The average Bonchev–Trinajstić information content (AvgIpc) is 3.52. The Hall–Kier alpha value is -7.22. The Labute approximate surface area is 340 Å². The highest BCUT2D eigenvalue weighted by molar-refractivity contribution is 6.25. The van der Waals surface area contributed by atoms with E-state index in [4.69, 9.17) is 0 Å². The monoisotopic (exact) mass is 739 g/mol. The molecule has 0 N–H and O–H groups in total. The van der Waals surface area contributed by atoms with E-state index in [1.807, 2.05) is 0 Å². The number of anilines is 3. The fraction of sp³-hybridized carbons (Fsp3) is 0.0526. The van der Waals surface area contributed by atoms with Crippen LogP contribution in [0.4, 0.5) is 17.1 Å². The van der Waals surface area contributed by atoms with Gasteiger partial charge in [-0.2, -0.15) is 0 Å². The van der Waals surface area contributed by atoms with E-state index in [1.165, 1.54) is 88.0 Å². The van der Waals surface area contributed by atoms with Crippen LogP contribution < -0.4 is 4.90 Å². The lowest BCUT2D eigenvalue weighted by molar-refractivity contribution is 0.660. The summed E-state index contributed by atoms with van der Waals surface area (Å²) in [5.74, 6) is 0. The van der Waals surface area contributed by atoms with Crippen LogP contribution in [0.25, 0.3) is 76.8 Å². The van der Waals surface area contributed by atoms with Crippen LogP contribution in [-0.2, 0) is 5.41 Å². The van der Waals surface area contributed by atoms with Crippen LogP contribution in [0.3, 0.4) is 0 Å². The third-order valence-electron chi connectivity index (χ3n) is 12.5. The molecule has 0 saturated carbocycles. The second-order valence-corrected chi connectivity index (χ2v) is 16.1. The topological polar surface area (TPSA) is 3.24 Å². The van der Waals surface area contributed by atoms with Gasteiger partial charge in [-0.1, -0.05) is 184 Å². The first-order chi connectivity index (χ1) is 28.5. The van der Waals surface area contributed by atoms with Crippen molar-refractivity contribution in [3.8, 4) is 44.5 Å². The molecule has 0 amide bonds. The molecule has 0 saturated heterocycles.